The van der Waals surface area contributed by atoms with E-state index < -0.39 is 0 Å². The maximum Gasteiger partial charge on any atom is 0.227 e. The fourth-order valence-corrected chi connectivity index (χ4v) is 2.12. The predicted molar refractivity (Wildman–Crippen MR) is 94.9 cm³/mol. The van der Waals surface area contributed by atoms with E-state index in [0.29, 0.717) is 22.8 Å². The van der Waals surface area contributed by atoms with Gasteiger partial charge in [-0.1, -0.05) is 12.1 Å². The second-order valence-corrected chi connectivity index (χ2v) is 5.01. The lowest BCUT2D eigenvalue weighted by Gasteiger charge is -2.09. The lowest BCUT2D eigenvalue weighted by molar-refractivity contribution is 0.112. The first kappa shape index (κ1) is 18.0. The van der Waals surface area contributed by atoms with E-state index in [1.54, 1.807) is 36.7 Å². The molecule has 0 aliphatic rings. The number of rotatable bonds is 4. The van der Waals surface area contributed by atoms with Gasteiger partial charge in [0.25, 0.3) is 0 Å². The molecule has 7 heteroatoms. The highest BCUT2D eigenvalue weighted by molar-refractivity contribution is 5.78. The summed E-state index contributed by atoms with van der Waals surface area (Å²) < 4.78 is 0. The van der Waals surface area contributed by atoms with Crippen LogP contribution in [0.1, 0.15) is 15.9 Å². The number of aliphatic hydroxyl groups is 1. The van der Waals surface area contributed by atoms with Crippen molar-refractivity contribution in [2.75, 3.05) is 12.4 Å². The minimum absolute atomic E-state index is 0.0742. The molecule has 0 saturated carbocycles. The number of aromatic hydroxyl groups is 1. The van der Waals surface area contributed by atoms with Crippen LogP contribution in [0.2, 0.25) is 0 Å². The highest BCUT2D eigenvalue weighted by Gasteiger charge is 2.06. The quantitative estimate of drug-likeness (QED) is 0.628. The van der Waals surface area contributed by atoms with Crippen molar-refractivity contribution in [1.29, 1.82) is 0 Å². The molecule has 0 saturated heterocycles. The molecule has 128 valence electrons. The average Bonchev–Trinajstić information content (AvgIpc) is 2.65. The van der Waals surface area contributed by atoms with Crippen LogP contribution in [0.4, 0.5) is 11.6 Å². The molecule has 0 fully saturated rings. The summed E-state index contributed by atoms with van der Waals surface area (Å²) in [4.78, 5) is 23.4. The zero-order chi connectivity index (χ0) is 18.2. The zero-order valence-corrected chi connectivity index (χ0v) is 13.8. The Morgan fingerprint density at radius 3 is 2.64 bits per heavy atom. The van der Waals surface area contributed by atoms with Gasteiger partial charge < -0.3 is 15.5 Å². The number of aryl methyl sites for hydroxylation is 1. The summed E-state index contributed by atoms with van der Waals surface area (Å²) >= 11 is 0. The Kier molecular flexibility index (Phi) is 6.14. The summed E-state index contributed by atoms with van der Waals surface area (Å²) in [6.07, 6.45) is 5.39. The Bertz CT molecular complexity index is 868. The van der Waals surface area contributed by atoms with Crippen molar-refractivity contribution >= 4 is 17.9 Å². The van der Waals surface area contributed by atoms with Gasteiger partial charge in [-0.25, -0.2) is 9.97 Å². The zero-order valence-electron chi connectivity index (χ0n) is 13.8. The maximum absolute atomic E-state index is 10.9. The molecule has 25 heavy (non-hydrogen) atoms. The van der Waals surface area contributed by atoms with Crippen LogP contribution in [0.15, 0.2) is 48.9 Å². The van der Waals surface area contributed by atoms with Crippen molar-refractivity contribution < 1.29 is 15.0 Å². The average molecular weight is 338 g/mol. The van der Waals surface area contributed by atoms with Gasteiger partial charge >= 0.3 is 0 Å². The number of aliphatic hydroxyl groups excluding tert-OH is 1. The fraction of sp³-hybridized carbons (Fsp3) is 0.111. The lowest BCUT2D eigenvalue weighted by atomic mass is 10.1. The molecule has 1 aromatic carbocycles. The monoisotopic (exact) mass is 338 g/mol. The Hall–Kier alpha value is -3.32. The Morgan fingerprint density at radius 1 is 1.12 bits per heavy atom. The summed E-state index contributed by atoms with van der Waals surface area (Å²) in [6.45, 7) is 1.93. The number of aldehydes is 1. The molecule has 0 aliphatic carbocycles. The third kappa shape index (κ3) is 4.58. The maximum atomic E-state index is 10.9. The molecule has 0 atom stereocenters. The molecule has 0 spiro atoms. The third-order valence-electron chi connectivity index (χ3n) is 3.32. The van der Waals surface area contributed by atoms with Crippen molar-refractivity contribution in [1.82, 2.24) is 15.0 Å². The Balaban J connectivity index is 0.00000109. The van der Waals surface area contributed by atoms with Crippen molar-refractivity contribution in [2.24, 2.45) is 0 Å². The SMILES string of the molecule is CO.Cc1ccc(C=O)cc1Nc1nccc(-c2cncc(O)c2)n1. The molecule has 0 amide bonds. The molecule has 2 heterocycles. The minimum atomic E-state index is 0.0742. The van der Waals surface area contributed by atoms with Crippen molar-refractivity contribution in [3.05, 3.63) is 60.0 Å². The molecular weight excluding hydrogens is 320 g/mol. The number of carbonyl (C=O) groups excluding carboxylic acids is 1. The number of nitrogens with zero attached hydrogens (tertiary/aromatic N) is 3. The van der Waals surface area contributed by atoms with Crippen molar-refractivity contribution in [2.45, 2.75) is 6.92 Å². The fourth-order valence-electron chi connectivity index (χ4n) is 2.12. The van der Waals surface area contributed by atoms with Gasteiger partial charge in [0, 0.05) is 36.3 Å². The number of benzene rings is 1. The molecule has 3 aromatic rings. The minimum Gasteiger partial charge on any atom is -0.506 e. The van der Waals surface area contributed by atoms with Gasteiger partial charge in [-0.2, -0.15) is 0 Å². The topological polar surface area (TPSA) is 108 Å². The van der Waals surface area contributed by atoms with E-state index >= 15 is 0 Å². The first-order chi connectivity index (χ1) is 12.2. The van der Waals surface area contributed by atoms with E-state index in [0.717, 1.165) is 24.6 Å². The summed E-state index contributed by atoms with van der Waals surface area (Å²) in [5.41, 5.74) is 3.64. The van der Waals surface area contributed by atoms with Gasteiger partial charge in [-0.3, -0.25) is 9.78 Å². The van der Waals surface area contributed by atoms with E-state index in [4.69, 9.17) is 5.11 Å². The second-order valence-electron chi connectivity index (χ2n) is 5.01. The number of nitrogens with one attached hydrogen (secondary N) is 1. The normalized spacial score (nSPS) is 9.72. The summed E-state index contributed by atoms with van der Waals surface area (Å²) in [5, 5.41) is 19.6. The second kappa shape index (κ2) is 8.51. The van der Waals surface area contributed by atoms with Crippen LogP contribution in [0.3, 0.4) is 0 Å². The van der Waals surface area contributed by atoms with Crippen LogP contribution in [0.5, 0.6) is 5.75 Å². The van der Waals surface area contributed by atoms with Crippen LogP contribution in [-0.4, -0.2) is 38.6 Å². The highest BCUT2D eigenvalue weighted by atomic mass is 16.3. The number of anilines is 2. The molecule has 2 aromatic heterocycles. The van der Waals surface area contributed by atoms with Gasteiger partial charge in [0.1, 0.15) is 12.0 Å². The van der Waals surface area contributed by atoms with Gasteiger partial charge in [0.2, 0.25) is 5.95 Å². The Labute approximate surface area is 145 Å². The van der Waals surface area contributed by atoms with E-state index in [1.807, 2.05) is 13.0 Å². The predicted octanol–water partition coefficient (Wildman–Crippen LogP) is 2.72. The first-order valence-electron chi connectivity index (χ1n) is 7.41. The molecule has 0 aliphatic heterocycles. The summed E-state index contributed by atoms with van der Waals surface area (Å²) in [6, 6.07) is 8.67. The van der Waals surface area contributed by atoms with Crippen LogP contribution in [-0.2, 0) is 0 Å². The van der Waals surface area contributed by atoms with Gasteiger partial charge in [-0.05, 0) is 30.7 Å². The van der Waals surface area contributed by atoms with E-state index in [2.05, 4.69) is 20.3 Å². The molecular formula is C18H18N4O3. The third-order valence-corrected chi connectivity index (χ3v) is 3.32. The van der Waals surface area contributed by atoms with Crippen molar-refractivity contribution in [3.8, 4) is 17.0 Å². The Morgan fingerprint density at radius 2 is 1.92 bits per heavy atom. The summed E-state index contributed by atoms with van der Waals surface area (Å²) in [7, 11) is 1.00. The van der Waals surface area contributed by atoms with E-state index in [9.17, 15) is 9.90 Å². The summed E-state index contributed by atoms with van der Waals surface area (Å²) in [5.74, 6) is 0.474. The molecule has 0 bridgehead atoms. The molecule has 7 nitrogen and oxygen atoms in total. The first-order valence-corrected chi connectivity index (χ1v) is 7.41. The lowest BCUT2D eigenvalue weighted by Crippen LogP contribution is -2.00. The largest absolute Gasteiger partial charge is 0.506 e. The van der Waals surface area contributed by atoms with Crippen molar-refractivity contribution in [3.63, 3.8) is 0 Å². The standard InChI is InChI=1S/C17H14N4O2.CH4O/c1-11-2-3-12(10-22)6-16(11)21-17-19-5-4-15(20-17)13-7-14(23)9-18-8-13;1-2/h2-10,23H,1H3,(H,19,20,21);2H,1H3. The van der Waals surface area contributed by atoms with Gasteiger partial charge in [0.05, 0.1) is 11.9 Å². The van der Waals surface area contributed by atoms with Crippen LogP contribution >= 0.6 is 0 Å². The number of hydrogen-bond acceptors (Lipinski definition) is 7. The molecule has 3 rings (SSSR count). The number of hydrogen-bond donors (Lipinski definition) is 3. The van der Waals surface area contributed by atoms with Crippen LogP contribution in [0, 0.1) is 6.92 Å². The highest BCUT2D eigenvalue weighted by Crippen LogP contribution is 2.23. The van der Waals surface area contributed by atoms with Gasteiger partial charge in [-0.15, -0.1) is 0 Å². The number of carbonyl (C=O) groups is 1. The molecule has 0 unspecified atom stereocenters. The molecule has 3 N–H and O–H groups in total. The van der Waals surface area contributed by atoms with E-state index in [-0.39, 0.29) is 5.75 Å². The molecule has 0 radical (unpaired) electrons. The van der Waals surface area contributed by atoms with E-state index in [1.165, 1.54) is 6.20 Å². The smallest absolute Gasteiger partial charge is 0.227 e. The van der Waals surface area contributed by atoms with Crippen LogP contribution in [0.25, 0.3) is 11.3 Å². The number of aromatic nitrogens is 3. The van der Waals surface area contributed by atoms with Crippen LogP contribution < -0.4 is 5.32 Å². The number of pyridine rings is 1. The van der Waals surface area contributed by atoms with Gasteiger partial charge in [0.15, 0.2) is 0 Å².